The van der Waals surface area contributed by atoms with E-state index in [9.17, 15) is 4.79 Å². The molecular formula is C13H14N2O2. The monoisotopic (exact) mass is 230 g/mol. The van der Waals surface area contributed by atoms with Gasteiger partial charge in [0.1, 0.15) is 0 Å². The van der Waals surface area contributed by atoms with Gasteiger partial charge in [-0.1, -0.05) is 18.2 Å². The predicted molar refractivity (Wildman–Crippen MR) is 66.1 cm³/mol. The predicted octanol–water partition coefficient (Wildman–Crippen LogP) is 2.69. The van der Waals surface area contributed by atoms with Crippen molar-refractivity contribution in [2.75, 3.05) is 13.6 Å². The minimum absolute atomic E-state index is 0.328. The zero-order chi connectivity index (χ0) is 12.3. The van der Waals surface area contributed by atoms with Gasteiger partial charge >= 0.3 is 6.09 Å². The molecule has 0 N–H and O–H groups in total. The second kappa shape index (κ2) is 4.82. The summed E-state index contributed by atoms with van der Waals surface area (Å²) in [5.41, 5.74) is 0.817. The molecule has 0 radical (unpaired) electrons. The minimum atomic E-state index is -0.393. The lowest BCUT2D eigenvalue weighted by Gasteiger charge is -2.13. The van der Waals surface area contributed by atoms with Gasteiger partial charge in [0.25, 0.3) is 0 Å². The van der Waals surface area contributed by atoms with Crippen LogP contribution in [0.1, 0.15) is 6.92 Å². The Morgan fingerprint density at radius 3 is 2.82 bits per heavy atom. The third-order valence-electron chi connectivity index (χ3n) is 2.55. The summed E-state index contributed by atoms with van der Waals surface area (Å²) in [6.45, 7) is 2.49. The van der Waals surface area contributed by atoms with Crippen molar-refractivity contribution in [2.45, 2.75) is 6.92 Å². The average molecular weight is 230 g/mol. The summed E-state index contributed by atoms with van der Waals surface area (Å²) in [5, 5.41) is 1.02. The number of ether oxygens (including phenoxy) is 1. The first kappa shape index (κ1) is 11.4. The van der Waals surface area contributed by atoms with Gasteiger partial charge in [0.05, 0.1) is 5.52 Å². The molecule has 2 rings (SSSR count). The fraction of sp³-hybridized carbons (Fsp3) is 0.231. The van der Waals surface area contributed by atoms with Crippen LogP contribution in [-0.2, 0) is 0 Å². The van der Waals surface area contributed by atoms with Crippen LogP contribution in [0.15, 0.2) is 36.4 Å². The van der Waals surface area contributed by atoms with Gasteiger partial charge in [-0.25, -0.2) is 9.78 Å². The lowest BCUT2D eigenvalue weighted by Crippen LogP contribution is -2.29. The number of hydrogen-bond donors (Lipinski definition) is 0. The Balaban J connectivity index is 2.22. The van der Waals surface area contributed by atoms with Crippen LogP contribution >= 0.6 is 0 Å². The van der Waals surface area contributed by atoms with E-state index in [0.29, 0.717) is 12.4 Å². The Morgan fingerprint density at radius 2 is 2.06 bits per heavy atom. The summed E-state index contributed by atoms with van der Waals surface area (Å²) in [6, 6.07) is 11.3. The maximum absolute atomic E-state index is 11.5. The molecule has 4 nitrogen and oxygen atoms in total. The fourth-order valence-electron chi connectivity index (χ4n) is 1.40. The molecule has 0 bridgehead atoms. The molecule has 0 aliphatic heterocycles. The van der Waals surface area contributed by atoms with Crippen LogP contribution in [0.4, 0.5) is 4.79 Å². The number of nitrogens with zero attached hydrogens (tertiary/aromatic N) is 2. The van der Waals surface area contributed by atoms with Crippen molar-refractivity contribution < 1.29 is 9.53 Å². The molecule has 1 aromatic heterocycles. The summed E-state index contributed by atoms with van der Waals surface area (Å²) in [4.78, 5) is 17.3. The summed E-state index contributed by atoms with van der Waals surface area (Å²) in [6.07, 6.45) is -0.393. The van der Waals surface area contributed by atoms with Crippen molar-refractivity contribution in [3.63, 3.8) is 0 Å². The largest absolute Gasteiger partial charge is 0.416 e. The molecule has 88 valence electrons. The summed E-state index contributed by atoms with van der Waals surface area (Å²) >= 11 is 0. The van der Waals surface area contributed by atoms with Gasteiger partial charge in [-0.05, 0) is 19.1 Å². The molecule has 0 saturated heterocycles. The second-order valence-electron chi connectivity index (χ2n) is 3.72. The van der Waals surface area contributed by atoms with Crippen molar-refractivity contribution in [2.24, 2.45) is 0 Å². The van der Waals surface area contributed by atoms with Gasteiger partial charge in [0.2, 0.25) is 5.88 Å². The van der Waals surface area contributed by atoms with E-state index in [1.807, 2.05) is 37.3 Å². The van der Waals surface area contributed by atoms with Crippen molar-refractivity contribution in [3.8, 4) is 5.88 Å². The molecule has 0 spiro atoms. The normalized spacial score (nSPS) is 10.2. The zero-order valence-corrected chi connectivity index (χ0v) is 9.88. The number of para-hydroxylation sites is 1. The topological polar surface area (TPSA) is 42.4 Å². The molecule has 1 aromatic carbocycles. The standard InChI is InChI=1S/C13H14N2O2/c1-3-15(2)13(16)17-12-9-8-10-6-4-5-7-11(10)14-12/h4-9H,3H2,1-2H3. The van der Waals surface area contributed by atoms with E-state index >= 15 is 0 Å². The number of hydrogen-bond acceptors (Lipinski definition) is 3. The molecule has 2 aromatic rings. The molecule has 0 fully saturated rings. The molecule has 1 amide bonds. The lowest BCUT2D eigenvalue weighted by molar-refractivity contribution is 0.163. The van der Waals surface area contributed by atoms with Crippen LogP contribution in [-0.4, -0.2) is 29.6 Å². The SMILES string of the molecule is CCN(C)C(=O)Oc1ccc2ccccc2n1. The van der Waals surface area contributed by atoms with E-state index < -0.39 is 6.09 Å². The van der Waals surface area contributed by atoms with E-state index in [1.165, 1.54) is 4.90 Å². The van der Waals surface area contributed by atoms with Gasteiger partial charge in [-0.15, -0.1) is 0 Å². The minimum Gasteiger partial charge on any atom is -0.391 e. The highest BCUT2D eigenvalue weighted by Gasteiger charge is 2.09. The Morgan fingerprint density at radius 1 is 1.29 bits per heavy atom. The van der Waals surface area contributed by atoms with Crippen LogP contribution in [0.25, 0.3) is 10.9 Å². The van der Waals surface area contributed by atoms with Crippen LogP contribution in [0.2, 0.25) is 0 Å². The Kier molecular flexibility index (Phi) is 3.23. The number of carbonyl (C=O) groups excluding carboxylic acids is 1. The van der Waals surface area contributed by atoms with Crippen molar-refractivity contribution >= 4 is 17.0 Å². The van der Waals surface area contributed by atoms with E-state index in [-0.39, 0.29) is 0 Å². The number of benzene rings is 1. The summed E-state index contributed by atoms with van der Waals surface area (Å²) in [7, 11) is 1.68. The number of carbonyl (C=O) groups is 1. The van der Waals surface area contributed by atoms with Gasteiger partial charge < -0.3 is 9.64 Å². The van der Waals surface area contributed by atoms with Crippen LogP contribution in [0.5, 0.6) is 5.88 Å². The van der Waals surface area contributed by atoms with E-state index in [0.717, 1.165) is 10.9 Å². The van der Waals surface area contributed by atoms with Gasteiger partial charge in [0.15, 0.2) is 0 Å². The Hall–Kier alpha value is -2.10. The lowest BCUT2D eigenvalue weighted by atomic mass is 10.2. The van der Waals surface area contributed by atoms with Crippen molar-refractivity contribution in [3.05, 3.63) is 36.4 Å². The van der Waals surface area contributed by atoms with Crippen molar-refractivity contribution in [1.82, 2.24) is 9.88 Å². The Labute approximate surface area is 99.8 Å². The molecule has 17 heavy (non-hydrogen) atoms. The first-order valence-electron chi connectivity index (χ1n) is 5.49. The number of aromatic nitrogens is 1. The maximum Gasteiger partial charge on any atom is 0.416 e. The van der Waals surface area contributed by atoms with Crippen molar-refractivity contribution in [1.29, 1.82) is 0 Å². The molecule has 4 heteroatoms. The molecule has 0 atom stereocenters. The summed E-state index contributed by atoms with van der Waals surface area (Å²) in [5.74, 6) is 0.328. The smallest absolute Gasteiger partial charge is 0.391 e. The first-order chi connectivity index (χ1) is 8.20. The molecule has 1 heterocycles. The van der Waals surface area contributed by atoms with Gasteiger partial charge in [0, 0.05) is 25.0 Å². The zero-order valence-electron chi connectivity index (χ0n) is 9.88. The highest BCUT2D eigenvalue weighted by molar-refractivity contribution is 5.79. The number of pyridine rings is 1. The third-order valence-corrected chi connectivity index (χ3v) is 2.55. The average Bonchev–Trinajstić information content (AvgIpc) is 2.37. The summed E-state index contributed by atoms with van der Waals surface area (Å²) < 4.78 is 5.15. The Bertz CT molecular complexity index is 540. The van der Waals surface area contributed by atoms with E-state index in [1.54, 1.807) is 13.1 Å². The van der Waals surface area contributed by atoms with Gasteiger partial charge in [-0.3, -0.25) is 0 Å². The highest BCUT2D eigenvalue weighted by atomic mass is 16.6. The quantitative estimate of drug-likeness (QED) is 0.796. The number of rotatable bonds is 2. The van der Waals surface area contributed by atoms with Crippen LogP contribution < -0.4 is 4.74 Å². The molecule has 0 saturated carbocycles. The van der Waals surface area contributed by atoms with E-state index in [2.05, 4.69) is 4.98 Å². The van der Waals surface area contributed by atoms with Crippen LogP contribution in [0.3, 0.4) is 0 Å². The van der Waals surface area contributed by atoms with E-state index in [4.69, 9.17) is 4.74 Å². The number of amides is 1. The van der Waals surface area contributed by atoms with Crippen LogP contribution in [0, 0.1) is 0 Å². The number of fused-ring (bicyclic) bond motifs is 1. The second-order valence-corrected chi connectivity index (χ2v) is 3.72. The highest BCUT2D eigenvalue weighted by Crippen LogP contribution is 2.16. The third kappa shape index (κ3) is 2.53. The first-order valence-corrected chi connectivity index (χ1v) is 5.49. The molecular weight excluding hydrogens is 216 g/mol. The van der Waals surface area contributed by atoms with Gasteiger partial charge in [-0.2, -0.15) is 0 Å². The molecule has 0 aliphatic carbocycles. The fourth-order valence-corrected chi connectivity index (χ4v) is 1.40. The molecule has 0 unspecified atom stereocenters. The maximum atomic E-state index is 11.5. The molecule has 0 aliphatic rings.